The summed E-state index contributed by atoms with van der Waals surface area (Å²) in [7, 11) is 0. The predicted molar refractivity (Wildman–Crippen MR) is 86.5 cm³/mol. The molecule has 0 bridgehead atoms. The number of thiazole rings is 1. The number of benzene rings is 1. The number of hydrogen-bond acceptors (Lipinski definition) is 6. The monoisotopic (exact) mass is 329 g/mol. The van der Waals surface area contributed by atoms with Crippen molar-refractivity contribution in [3.8, 4) is 16.3 Å². The van der Waals surface area contributed by atoms with Crippen molar-refractivity contribution in [2.45, 2.75) is 13.5 Å². The molecule has 0 aliphatic heterocycles. The molecule has 1 aromatic carbocycles. The topological polar surface area (TPSA) is 61.6 Å². The Morgan fingerprint density at radius 3 is 2.78 bits per heavy atom. The number of carbonyl (C=O) groups excluding carboxylic acids is 1. The van der Waals surface area contributed by atoms with E-state index in [1.165, 1.54) is 0 Å². The molecule has 0 radical (unpaired) electrons. The zero-order valence-electron chi connectivity index (χ0n) is 12.5. The molecule has 0 aliphatic carbocycles. The highest BCUT2D eigenvalue weighted by molar-refractivity contribution is 7.13. The SMILES string of the molecule is CCOC(=O)c1ccc(OCc2csc(-c3ccoc3)n2)cc1. The molecule has 0 unspecified atom stereocenters. The highest BCUT2D eigenvalue weighted by Gasteiger charge is 2.08. The first kappa shape index (κ1) is 15.3. The van der Waals surface area contributed by atoms with Gasteiger partial charge in [-0.15, -0.1) is 11.3 Å². The summed E-state index contributed by atoms with van der Waals surface area (Å²) in [6, 6.07) is 8.74. The van der Waals surface area contributed by atoms with E-state index >= 15 is 0 Å². The molecule has 2 aromatic heterocycles. The smallest absolute Gasteiger partial charge is 0.338 e. The third-order valence-corrected chi connectivity index (χ3v) is 4.01. The number of rotatable bonds is 6. The van der Waals surface area contributed by atoms with E-state index in [2.05, 4.69) is 4.98 Å². The average Bonchev–Trinajstić information content (AvgIpc) is 3.25. The highest BCUT2D eigenvalue weighted by atomic mass is 32.1. The molecule has 0 amide bonds. The highest BCUT2D eigenvalue weighted by Crippen LogP contribution is 2.24. The van der Waals surface area contributed by atoms with Crippen LogP contribution in [0.4, 0.5) is 0 Å². The van der Waals surface area contributed by atoms with E-state index in [1.54, 1.807) is 55.1 Å². The molecule has 0 saturated carbocycles. The Balaban J connectivity index is 1.59. The molecule has 0 N–H and O–H groups in total. The van der Waals surface area contributed by atoms with Crippen LogP contribution in [-0.2, 0) is 11.3 Å². The predicted octanol–water partition coefficient (Wildman–Crippen LogP) is 4.16. The number of carbonyl (C=O) groups is 1. The minimum Gasteiger partial charge on any atom is -0.487 e. The Morgan fingerprint density at radius 1 is 1.26 bits per heavy atom. The standard InChI is InChI=1S/C17H15NO4S/c1-2-21-17(19)12-3-5-15(6-4-12)22-10-14-11-23-16(18-14)13-7-8-20-9-13/h3-9,11H,2,10H2,1H3. The summed E-state index contributed by atoms with van der Waals surface area (Å²) in [5.74, 6) is 0.346. The van der Waals surface area contributed by atoms with Gasteiger partial charge in [-0.1, -0.05) is 0 Å². The van der Waals surface area contributed by atoms with Crippen molar-refractivity contribution in [2.75, 3.05) is 6.61 Å². The largest absolute Gasteiger partial charge is 0.487 e. The van der Waals surface area contributed by atoms with Crippen LogP contribution in [0.2, 0.25) is 0 Å². The quantitative estimate of drug-likeness (QED) is 0.636. The fraction of sp³-hybridized carbons (Fsp3) is 0.176. The van der Waals surface area contributed by atoms with Crippen LogP contribution < -0.4 is 4.74 Å². The van der Waals surface area contributed by atoms with Crippen LogP contribution in [0.25, 0.3) is 10.6 Å². The Kier molecular flexibility index (Phi) is 4.73. The summed E-state index contributed by atoms with van der Waals surface area (Å²) in [5, 5.41) is 2.85. The van der Waals surface area contributed by atoms with Crippen molar-refractivity contribution in [3.05, 3.63) is 59.5 Å². The lowest BCUT2D eigenvalue weighted by Crippen LogP contribution is -2.04. The van der Waals surface area contributed by atoms with Crippen molar-refractivity contribution in [2.24, 2.45) is 0 Å². The molecular weight excluding hydrogens is 314 g/mol. The van der Waals surface area contributed by atoms with Crippen molar-refractivity contribution in [1.29, 1.82) is 0 Å². The van der Waals surface area contributed by atoms with Crippen LogP contribution in [0.3, 0.4) is 0 Å². The lowest BCUT2D eigenvalue weighted by atomic mass is 10.2. The number of nitrogens with zero attached hydrogens (tertiary/aromatic N) is 1. The van der Waals surface area contributed by atoms with Gasteiger partial charge < -0.3 is 13.9 Å². The van der Waals surface area contributed by atoms with Gasteiger partial charge in [0.2, 0.25) is 0 Å². The van der Waals surface area contributed by atoms with Crippen LogP contribution in [0, 0.1) is 0 Å². The van der Waals surface area contributed by atoms with E-state index in [0.29, 0.717) is 24.5 Å². The Hall–Kier alpha value is -2.60. The third kappa shape index (κ3) is 3.78. The third-order valence-electron chi connectivity index (χ3n) is 3.07. The van der Waals surface area contributed by atoms with Crippen LogP contribution in [0.1, 0.15) is 23.0 Å². The van der Waals surface area contributed by atoms with Gasteiger partial charge in [0, 0.05) is 10.9 Å². The van der Waals surface area contributed by atoms with Gasteiger partial charge in [0.1, 0.15) is 23.6 Å². The van der Waals surface area contributed by atoms with Crippen molar-refractivity contribution < 1.29 is 18.7 Å². The van der Waals surface area contributed by atoms with E-state index in [4.69, 9.17) is 13.9 Å². The van der Waals surface area contributed by atoms with Gasteiger partial charge in [-0.25, -0.2) is 9.78 Å². The summed E-state index contributed by atoms with van der Waals surface area (Å²) >= 11 is 1.54. The van der Waals surface area contributed by atoms with Gasteiger partial charge in [0.25, 0.3) is 0 Å². The van der Waals surface area contributed by atoms with E-state index in [1.807, 2.05) is 11.4 Å². The minimum atomic E-state index is -0.330. The van der Waals surface area contributed by atoms with Crippen LogP contribution in [0.15, 0.2) is 52.7 Å². The molecule has 2 heterocycles. The first-order chi connectivity index (χ1) is 11.3. The van der Waals surface area contributed by atoms with Crippen molar-refractivity contribution >= 4 is 17.3 Å². The molecule has 0 saturated heterocycles. The molecule has 0 spiro atoms. The second kappa shape index (κ2) is 7.11. The molecule has 3 aromatic rings. The summed E-state index contributed by atoms with van der Waals surface area (Å²) in [5.41, 5.74) is 2.32. The van der Waals surface area contributed by atoms with Gasteiger partial charge in [-0.2, -0.15) is 0 Å². The summed E-state index contributed by atoms with van der Waals surface area (Å²) < 4.78 is 15.7. The number of ether oxygens (including phenoxy) is 2. The van der Waals surface area contributed by atoms with Crippen molar-refractivity contribution in [1.82, 2.24) is 4.98 Å². The molecule has 23 heavy (non-hydrogen) atoms. The summed E-state index contributed by atoms with van der Waals surface area (Å²) in [6.45, 7) is 2.51. The average molecular weight is 329 g/mol. The summed E-state index contributed by atoms with van der Waals surface area (Å²) in [6.07, 6.45) is 3.29. The molecular formula is C17H15NO4S. The molecule has 5 nitrogen and oxygen atoms in total. The molecule has 0 aliphatic rings. The van der Waals surface area contributed by atoms with E-state index in [9.17, 15) is 4.79 Å². The second-order valence-corrected chi connectivity index (χ2v) is 5.55. The lowest BCUT2D eigenvalue weighted by Gasteiger charge is -2.05. The first-order valence-corrected chi connectivity index (χ1v) is 8.01. The Bertz CT molecular complexity index is 762. The van der Waals surface area contributed by atoms with Gasteiger partial charge in [0.15, 0.2) is 0 Å². The zero-order chi connectivity index (χ0) is 16.1. The second-order valence-electron chi connectivity index (χ2n) is 4.69. The Morgan fingerprint density at radius 2 is 2.09 bits per heavy atom. The van der Waals surface area contributed by atoms with Gasteiger partial charge in [-0.3, -0.25) is 0 Å². The molecule has 0 atom stereocenters. The van der Waals surface area contributed by atoms with E-state index < -0.39 is 0 Å². The van der Waals surface area contributed by atoms with Crippen LogP contribution >= 0.6 is 11.3 Å². The maximum atomic E-state index is 11.6. The zero-order valence-corrected chi connectivity index (χ0v) is 13.3. The van der Waals surface area contributed by atoms with Crippen molar-refractivity contribution in [3.63, 3.8) is 0 Å². The number of furan rings is 1. The fourth-order valence-corrected chi connectivity index (χ4v) is 2.74. The normalized spacial score (nSPS) is 10.5. The van der Waals surface area contributed by atoms with E-state index in [0.717, 1.165) is 16.3 Å². The molecule has 3 rings (SSSR count). The van der Waals surface area contributed by atoms with Crippen LogP contribution in [-0.4, -0.2) is 17.6 Å². The van der Waals surface area contributed by atoms with Crippen LogP contribution in [0.5, 0.6) is 5.75 Å². The lowest BCUT2D eigenvalue weighted by molar-refractivity contribution is 0.0526. The maximum absolute atomic E-state index is 11.6. The molecule has 118 valence electrons. The maximum Gasteiger partial charge on any atom is 0.338 e. The summed E-state index contributed by atoms with van der Waals surface area (Å²) in [4.78, 5) is 16.1. The fourth-order valence-electron chi connectivity index (χ4n) is 1.95. The van der Waals surface area contributed by atoms with E-state index in [-0.39, 0.29) is 5.97 Å². The number of aromatic nitrogens is 1. The Labute approximate surface area is 137 Å². The molecule has 0 fully saturated rings. The minimum absolute atomic E-state index is 0.330. The number of esters is 1. The molecule has 6 heteroatoms. The number of hydrogen-bond donors (Lipinski definition) is 0. The first-order valence-electron chi connectivity index (χ1n) is 7.13. The van der Waals surface area contributed by atoms with Gasteiger partial charge in [-0.05, 0) is 37.3 Å². The van der Waals surface area contributed by atoms with Gasteiger partial charge >= 0.3 is 5.97 Å². The van der Waals surface area contributed by atoms with Gasteiger partial charge in [0.05, 0.1) is 24.1 Å².